The predicted octanol–water partition coefficient (Wildman–Crippen LogP) is 1.37. The Morgan fingerprint density at radius 3 is 2.69 bits per heavy atom. The zero-order chi connectivity index (χ0) is 11.5. The largest absolute Gasteiger partial charge is 0.391 e. The quantitative estimate of drug-likeness (QED) is 0.849. The molecular formula is C11H11ClN2O2. The van der Waals surface area contributed by atoms with Crippen molar-refractivity contribution < 1.29 is 5.11 Å². The molecular weight excluding hydrogens is 228 g/mol. The van der Waals surface area contributed by atoms with Gasteiger partial charge in [-0.3, -0.25) is 4.79 Å². The van der Waals surface area contributed by atoms with E-state index < -0.39 is 0 Å². The smallest absolute Gasteiger partial charge is 0.272 e. The molecule has 2 aromatic rings. The van der Waals surface area contributed by atoms with Crippen molar-refractivity contribution in [3.8, 4) is 0 Å². The Labute approximate surface area is 97.1 Å². The molecule has 0 unspecified atom stereocenters. The molecule has 1 aromatic carbocycles. The molecule has 5 heteroatoms. The molecule has 0 amide bonds. The first-order chi connectivity index (χ1) is 7.72. The number of aromatic nitrogens is 2. The maximum absolute atomic E-state index is 11.6. The fraction of sp³-hybridized carbons (Fsp3) is 0.182. The van der Waals surface area contributed by atoms with Crippen LogP contribution in [0.2, 0.25) is 5.02 Å². The van der Waals surface area contributed by atoms with Gasteiger partial charge in [-0.1, -0.05) is 29.8 Å². The van der Waals surface area contributed by atoms with Gasteiger partial charge in [-0.2, -0.15) is 0 Å². The normalized spacial score (nSPS) is 10.6. The lowest BCUT2D eigenvalue weighted by Gasteiger charge is -2.03. The average molecular weight is 239 g/mol. The summed E-state index contributed by atoms with van der Waals surface area (Å²) in [5.74, 6) is 0. The molecule has 0 saturated carbocycles. The molecule has 0 saturated heterocycles. The summed E-state index contributed by atoms with van der Waals surface area (Å²) in [6.07, 6.45) is 1.50. The standard InChI is InChI=1S/C11H11ClN2O2/c12-10-4-2-1-3-8(10)6-14-11(16)9(7-15)5-13-14/h1-5,13,15H,6-7H2. The predicted molar refractivity (Wildman–Crippen MR) is 61.5 cm³/mol. The van der Waals surface area contributed by atoms with E-state index in [0.717, 1.165) is 5.56 Å². The van der Waals surface area contributed by atoms with Crippen molar-refractivity contribution in [2.75, 3.05) is 0 Å². The molecule has 0 aliphatic rings. The number of rotatable bonds is 3. The topological polar surface area (TPSA) is 58.0 Å². The molecule has 1 heterocycles. The van der Waals surface area contributed by atoms with Gasteiger partial charge in [0.05, 0.1) is 18.7 Å². The molecule has 0 aliphatic carbocycles. The van der Waals surface area contributed by atoms with Crippen molar-refractivity contribution >= 4 is 11.6 Å². The second kappa shape index (κ2) is 4.55. The van der Waals surface area contributed by atoms with Gasteiger partial charge in [-0.25, -0.2) is 4.68 Å². The van der Waals surface area contributed by atoms with Gasteiger partial charge in [0.2, 0.25) is 0 Å². The molecule has 2 rings (SSSR count). The minimum absolute atomic E-state index is 0.220. The van der Waals surface area contributed by atoms with E-state index in [1.165, 1.54) is 10.9 Å². The van der Waals surface area contributed by atoms with Gasteiger partial charge < -0.3 is 10.2 Å². The third-order valence-corrected chi connectivity index (χ3v) is 2.74. The Bertz CT molecular complexity index is 545. The monoisotopic (exact) mass is 238 g/mol. The second-order valence-corrected chi connectivity index (χ2v) is 3.85. The number of halogens is 1. The fourth-order valence-corrected chi connectivity index (χ4v) is 1.67. The summed E-state index contributed by atoms with van der Waals surface area (Å²) in [5, 5.41) is 12.3. The van der Waals surface area contributed by atoms with Crippen LogP contribution in [0.3, 0.4) is 0 Å². The van der Waals surface area contributed by atoms with Crippen molar-refractivity contribution in [2.45, 2.75) is 13.2 Å². The van der Waals surface area contributed by atoms with Crippen molar-refractivity contribution in [1.82, 2.24) is 9.78 Å². The number of aromatic amines is 1. The first-order valence-electron chi connectivity index (χ1n) is 4.83. The molecule has 4 nitrogen and oxygen atoms in total. The fourth-order valence-electron chi connectivity index (χ4n) is 1.48. The third kappa shape index (κ3) is 2.03. The first-order valence-corrected chi connectivity index (χ1v) is 5.21. The van der Waals surface area contributed by atoms with Gasteiger partial charge in [0.15, 0.2) is 0 Å². The highest BCUT2D eigenvalue weighted by Crippen LogP contribution is 2.15. The lowest BCUT2D eigenvalue weighted by molar-refractivity contribution is 0.280. The lowest BCUT2D eigenvalue weighted by Crippen LogP contribution is -2.19. The van der Waals surface area contributed by atoms with Gasteiger partial charge in [0.25, 0.3) is 5.56 Å². The molecule has 0 radical (unpaired) electrons. The summed E-state index contributed by atoms with van der Waals surface area (Å²) in [5.41, 5.74) is 0.993. The Morgan fingerprint density at radius 1 is 1.31 bits per heavy atom. The molecule has 2 N–H and O–H groups in total. The zero-order valence-electron chi connectivity index (χ0n) is 8.48. The molecule has 0 atom stereocenters. The van der Waals surface area contributed by atoms with Gasteiger partial charge in [-0.15, -0.1) is 0 Å². The molecule has 1 aromatic heterocycles. The lowest BCUT2D eigenvalue weighted by atomic mass is 10.2. The number of aliphatic hydroxyl groups excluding tert-OH is 1. The minimum atomic E-state index is -0.259. The van der Waals surface area contributed by atoms with E-state index in [2.05, 4.69) is 5.10 Å². The second-order valence-electron chi connectivity index (χ2n) is 3.44. The minimum Gasteiger partial charge on any atom is -0.391 e. The highest BCUT2D eigenvalue weighted by Gasteiger charge is 2.06. The Kier molecular flexibility index (Phi) is 3.12. The van der Waals surface area contributed by atoms with Crippen LogP contribution in [0.1, 0.15) is 11.1 Å². The summed E-state index contributed by atoms with van der Waals surface area (Å²) < 4.78 is 1.41. The van der Waals surface area contributed by atoms with Crippen molar-refractivity contribution in [3.05, 3.63) is 57.0 Å². The van der Waals surface area contributed by atoms with Crippen LogP contribution in [0, 0.1) is 0 Å². The summed E-state index contributed by atoms with van der Waals surface area (Å²) in [7, 11) is 0. The SMILES string of the molecule is O=c1c(CO)c[nH]n1Cc1ccccc1Cl. The van der Waals surface area contributed by atoms with Gasteiger partial charge in [-0.05, 0) is 11.6 Å². The number of nitrogens with zero attached hydrogens (tertiary/aromatic N) is 1. The van der Waals surface area contributed by atoms with Crippen LogP contribution in [0.4, 0.5) is 0 Å². The number of nitrogens with one attached hydrogen (secondary N) is 1. The zero-order valence-corrected chi connectivity index (χ0v) is 9.24. The van der Waals surface area contributed by atoms with Crippen LogP contribution in [-0.4, -0.2) is 14.9 Å². The van der Waals surface area contributed by atoms with Crippen molar-refractivity contribution in [3.63, 3.8) is 0 Å². The molecule has 0 aliphatic heterocycles. The van der Waals surface area contributed by atoms with E-state index in [9.17, 15) is 4.79 Å². The summed E-state index contributed by atoms with van der Waals surface area (Å²) in [6.45, 7) is 0.114. The average Bonchev–Trinajstić information content (AvgIpc) is 2.63. The van der Waals surface area contributed by atoms with Crippen LogP contribution in [0.15, 0.2) is 35.3 Å². The molecule has 16 heavy (non-hydrogen) atoms. The van der Waals surface area contributed by atoms with Crippen molar-refractivity contribution in [1.29, 1.82) is 0 Å². The number of H-pyrrole nitrogens is 1. The van der Waals surface area contributed by atoms with E-state index in [-0.39, 0.29) is 12.2 Å². The number of hydrogen-bond acceptors (Lipinski definition) is 2. The Balaban J connectivity index is 2.31. The summed E-state index contributed by atoms with van der Waals surface area (Å²) in [4.78, 5) is 11.6. The van der Waals surface area contributed by atoms with Gasteiger partial charge in [0.1, 0.15) is 0 Å². The highest BCUT2D eigenvalue weighted by molar-refractivity contribution is 6.31. The van der Waals surface area contributed by atoms with E-state index in [0.29, 0.717) is 17.1 Å². The molecule has 84 valence electrons. The van der Waals surface area contributed by atoms with E-state index in [4.69, 9.17) is 16.7 Å². The highest BCUT2D eigenvalue weighted by atomic mass is 35.5. The van der Waals surface area contributed by atoms with Crippen molar-refractivity contribution in [2.24, 2.45) is 0 Å². The number of benzene rings is 1. The van der Waals surface area contributed by atoms with Crippen LogP contribution in [0.25, 0.3) is 0 Å². The Morgan fingerprint density at radius 2 is 2.06 bits per heavy atom. The maximum atomic E-state index is 11.6. The maximum Gasteiger partial charge on any atom is 0.272 e. The number of hydrogen-bond donors (Lipinski definition) is 2. The van der Waals surface area contributed by atoms with E-state index in [1.807, 2.05) is 18.2 Å². The van der Waals surface area contributed by atoms with Crippen LogP contribution >= 0.6 is 11.6 Å². The first kappa shape index (κ1) is 11.0. The number of aliphatic hydroxyl groups is 1. The third-order valence-electron chi connectivity index (χ3n) is 2.37. The van der Waals surface area contributed by atoms with Gasteiger partial charge >= 0.3 is 0 Å². The van der Waals surface area contributed by atoms with Crippen LogP contribution in [0.5, 0.6) is 0 Å². The molecule has 0 bridgehead atoms. The summed E-state index contributed by atoms with van der Waals surface area (Å²) in [6, 6.07) is 7.33. The van der Waals surface area contributed by atoms with Gasteiger partial charge in [0, 0.05) is 11.2 Å². The van der Waals surface area contributed by atoms with Crippen LogP contribution < -0.4 is 5.56 Å². The van der Waals surface area contributed by atoms with Crippen LogP contribution in [-0.2, 0) is 13.2 Å². The Hall–Kier alpha value is -1.52. The van der Waals surface area contributed by atoms with E-state index >= 15 is 0 Å². The van der Waals surface area contributed by atoms with E-state index in [1.54, 1.807) is 6.07 Å². The molecule has 0 fully saturated rings. The summed E-state index contributed by atoms with van der Waals surface area (Å²) >= 11 is 5.99. The molecule has 0 spiro atoms.